The fraction of sp³-hybridized carbons (Fsp3) is 0.310. The van der Waals surface area contributed by atoms with Crippen LogP contribution in [0.5, 0.6) is 0 Å². The van der Waals surface area contributed by atoms with E-state index in [0.29, 0.717) is 37.3 Å². The normalized spacial score (nSPS) is 18.3. The first-order chi connectivity index (χ1) is 16.3. The Kier molecular flexibility index (Phi) is 7.20. The van der Waals surface area contributed by atoms with Gasteiger partial charge in [0.05, 0.1) is 11.0 Å². The van der Waals surface area contributed by atoms with E-state index in [1.54, 1.807) is 19.0 Å². The van der Waals surface area contributed by atoms with Crippen LogP contribution in [0.3, 0.4) is 0 Å². The van der Waals surface area contributed by atoms with E-state index in [1.807, 2.05) is 84.9 Å². The summed E-state index contributed by atoms with van der Waals surface area (Å²) in [6.07, 6.45) is 2.19. The van der Waals surface area contributed by atoms with Gasteiger partial charge in [-0.25, -0.2) is 0 Å². The second-order valence-electron chi connectivity index (χ2n) is 9.25. The van der Waals surface area contributed by atoms with Gasteiger partial charge >= 0.3 is 0 Å². The van der Waals surface area contributed by atoms with E-state index in [9.17, 15) is 9.90 Å². The van der Waals surface area contributed by atoms with E-state index in [0.717, 1.165) is 22.4 Å². The first-order valence-corrected chi connectivity index (χ1v) is 12.1. The van der Waals surface area contributed by atoms with Crippen LogP contribution >= 0.6 is 11.6 Å². The monoisotopic (exact) mass is 474 g/mol. The van der Waals surface area contributed by atoms with Crippen LogP contribution in [0.25, 0.3) is 0 Å². The third kappa shape index (κ3) is 4.79. The van der Waals surface area contributed by atoms with Crippen molar-refractivity contribution in [3.8, 4) is 0 Å². The summed E-state index contributed by atoms with van der Waals surface area (Å²) in [4.78, 5) is 20.3. The van der Waals surface area contributed by atoms with Crippen molar-refractivity contribution in [2.75, 3.05) is 20.6 Å². The Labute approximate surface area is 206 Å². The molecule has 4 nitrogen and oxygen atoms in total. The molecule has 1 amide bonds. The molecule has 0 saturated carbocycles. The Balaban J connectivity index is 1.68. The number of amides is 1. The zero-order valence-electron chi connectivity index (χ0n) is 19.7. The molecule has 0 saturated heterocycles. The average Bonchev–Trinajstić information content (AvgIpc) is 2.86. The van der Waals surface area contributed by atoms with E-state index >= 15 is 0 Å². The van der Waals surface area contributed by atoms with Crippen LogP contribution in [-0.2, 0) is 15.8 Å². The number of hydrogen-bond acceptors (Lipinski definition) is 3. The molecule has 3 aromatic carbocycles. The molecule has 1 aliphatic heterocycles. The molecular formula is C29H31ClN2O2. The Morgan fingerprint density at radius 1 is 0.971 bits per heavy atom. The number of hydrogen-bond donors (Lipinski definition) is 1. The Hall–Kier alpha value is -2.95. The summed E-state index contributed by atoms with van der Waals surface area (Å²) in [5.74, 6) is 0.0364. The van der Waals surface area contributed by atoms with Crippen molar-refractivity contribution in [3.05, 3.63) is 107 Å². The summed E-state index contributed by atoms with van der Waals surface area (Å²) in [5.41, 5.74) is 1.89. The number of carbonyl (C=O) groups is 1. The van der Waals surface area contributed by atoms with Gasteiger partial charge in [-0.3, -0.25) is 9.79 Å². The molecule has 1 atom stereocenters. The van der Waals surface area contributed by atoms with Gasteiger partial charge in [0.25, 0.3) is 0 Å². The number of nitrogens with zero attached hydrogens (tertiary/aromatic N) is 2. The van der Waals surface area contributed by atoms with Crippen LogP contribution in [0.2, 0.25) is 5.02 Å². The first kappa shape index (κ1) is 24.2. The molecule has 0 fully saturated rings. The lowest BCUT2D eigenvalue weighted by atomic mass is 9.69. The quantitative estimate of drug-likeness (QED) is 0.483. The zero-order chi connectivity index (χ0) is 24.2. The second kappa shape index (κ2) is 10.1. The van der Waals surface area contributed by atoms with E-state index in [4.69, 9.17) is 16.6 Å². The molecule has 0 radical (unpaired) electrons. The number of rotatable bonds is 7. The van der Waals surface area contributed by atoms with Crippen molar-refractivity contribution >= 4 is 23.2 Å². The number of aliphatic imine (C=N–C) groups is 1. The number of benzene rings is 3. The van der Waals surface area contributed by atoms with Crippen molar-refractivity contribution in [1.29, 1.82) is 0 Å². The standard InChI is InChI=1S/C29H31ClN2O2/c1-32(2)27(33)29(23-9-5-3-6-10-23,24-11-7-4-8-12-24)18-17-26-21-28(34,19-20-31-26)22-13-15-25(30)16-14-22/h3-16,34H,17-21H2,1-2H3. The minimum Gasteiger partial charge on any atom is -0.385 e. The molecule has 1 aliphatic rings. The van der Waals surface area contributed by atoms with Crippen LogP contribution in [0.15, 0.2) is 89.9 Å². The van der Waals surface area contributed by atoms with Crippen molar-refractivity contribution < 1.29 is 9.90 Å². The molecule has 1 unspecified atom stereocenters. The van der Waals surface area contributed by atoms with E-state index < -0.39 is 11.0 Å². The smallest absolute Gasteiger partial charge is 0.237 e. The maximum absolute atomic E-state index is 13.8. The molecule has 0 bridgehead atoms. The summed E-state index contributed by atoms with van der Waals surface area (Å²) in [6, 6.07) is 27.4. The van der Waals surface area contributed by atoms with Gasteiger partial charge in [0, 0.05) is 44.2 Å². The number of carbonyl (C=O) groups excluding carboxylic acids is 1. The molecule has 0 aromatic heterocycles. The van der Waals surface area contributed by atoms with Gasteiger partial charge in [0.2, 0.25) is 5.91 Å². The summed E-state index contributed by atoms with van der Waals surface area (Å²) < 4.78 is 0. The largest absolute Gasteiger partial charge is 0.385 e. The zero-order valence-corrected chi connectivity index (χ0v) is 20.5. The molecule has 1 N–H and O–H groups in total. The van der Waals surface area contributed by atoms with Gasteiger partial charge in [-0.15, -0.1) is 0 Å². The minimum atomic E-state index is -0.977. The van der Waals surface area contributed by atoms with E-state index in [-0.39, 0.29) is 5.91 Å². The molecule has 3 aromatic rings. The molecule has 0 aliphatic carbocycles. The van der Waals surface area contributed by atoms with Gasteiger partial charge in [-0.1, -0.05) is 84.4 Å². The lowest BCUT2D eigenvalue weighted by Crippen LogP contribution is -2.45. The van der Waals surface area contributed by atoms with Crippen LogP contribution in [0.4, 0.5) is 0 Å². The molecular weight excluding hydrogens is 444 g/mol. The third-order valence-corrected chi connectivity index (χ3v) is 7.08. The highest BCUT2D eigenvalue weighted by molar-refractivity contribution is 6.30. The highest BCUT2D eigenvalue weighted by atomic mass is 35.5. The summed E-state index contributed by atoms with van der Waals surface area (Å²) in [7, 11) is 3.61. The number of halogens is 1. The Morgan fingerprint density at radius 3 is 2.06 bits per heavy atom. The van der Waals surface area contributed by atoms with E-state index in [1.165, 1.54) is 0 Å². The van der Waals surface area contributed by atoms with E-state index in [2.05, 4.69) is 0 Å². The topological polar surface area (TPSA) is 52.9 Å². The first-order valence-electron chi connectivity index (χ1n) is 11.7. The molecule has 1 heterocycles. The van der Waals surface area contributed by atoms with Crippen molar-refractivity contribution in [3.63, 3.8) is 0 Å². The predicted molar refractivity (Wildman–Crippen MR) is 138 cm³/mol. The molecule has 5 heteroatoms. The third-order valence-electron chi connectivity index (χ3n) is 6.83. The van der Waals surface area contributed by atoms with Crippen molar-refractivity contribution in [1.82, 2.24) is 4.90 Å². The van der Waals surface area contributed by atoms with Gasteiger partial charge < -0.3 is 10.0 Å². The van der Waals surface area contributed by atoms with Crippen molar-refractivity contribution in [2.24, 2.45) is 4.99 Å². The predicted octanol–water partition coefficient (Wildman–Crippen LogP) is 5.62. The van der Waals surface area contributed by atoms with Crippen LogP contribution in [0.1, 0.15) is 42.4 Å². The number of aliphatic hydroxyl groups is 1. The molecule has 4 rings (SSSR count). The van der Waals surface area contributed by atoms with Gasteiger partial charge in [0.15, 0.2) is 0 Å². The maximum Gasteiger partial charge on any atom is 0.237 e. The molecule has 176 valence electrons. The summed E-state index contributed by atoms with van der Waals surface area (Å²) in [5, 5.41) is 12.1. The van der Waals surface area contributed by atoms with Crippen LogP contribution in [-0.4, -0.2) is 42.3 Å². The van der Waals surface area contributed by atoms with Crippen molar-refractivity contribution in [2.45, 2.75) is 36.7 Å². The average molecular weight is 475 g/mol. The highest BCUT2D eigenvalue weighted by Gasteiger charge is 2.43. The van der Waals surface area contributed by atoms with Crippen LogP contribution in [0, 0.1) is 0 Å². The SMILES string of the molecule is CN(C)C(=O)C(CCC1=NCCC(O)(c2ccc(Cl)cc2)C1)(c1ccccc1)c1ccccc1. The Bertz CT molecular complexity index is 1100. The van der Waals surface area contributed by atoms with Gasteiger partial charge in [0.1, 0.15) is 0 Å². The maximum atomic E-state index is 13.8. The fourth-order valence-electron chi connectivity index (χ4n) is 5.02. The minimum absolute atomic E-state index is 0.0364. The number of likely N-dealkylation sites (N-methyl/N-ethyl adjacent to an activating group) is 1. The van der Waals surface area contributed by atoms with Gasteiger partial charge in [-0.05, 0) is 41.7 Å². The lowest BCUT2D eigenvalue weighted by molar-refractivity contribution is -0.133. The fourth-order valence-corrected chi connectivity index (χ4v) is 5.15. The lowest BCUT2D eigenvalue weighted by Gasteiger charge is -2.37. The second-order valence-corrected chi connectivity index (χ2v) is 9.69. The summed E-state index contributed by atoms with van der Waals surface area (Å²) in [6.45, 7) is 0.555. The highest BCUT2D eigenvalue weighted by Crippen LogP contribution is 2.40. The molecule has 34 heavy (non-hydrogen) atoms. The van der Waals surface area contributed by atoms with Crippen LogP contribution < -0.4 is 0 Å². The molecule has 0 spiro atoms. The summed E-state index contributed by atoms with van der Waals surface area (Å²) >= 11 is 6.05. The van der Waals surface area contributed by atoms with Gasteiger partial charge in [-0.2, -0.15) is 0 Å². The Morgan fingerprint density at radius 2 is 1.53 bits per heavy atom.